The molecule has 2 heterocycles. The molecule has 0 spiro atoms. The predicted octanol–water partition coefficient (Wildman–Crippen LogP) is 1.92. The van der Waals surface area contributed by atoms with Crippen molar-refractivity contribution in [2.75, 3.05) is 36.3 Å². The number of methoxy groups -OCH3 is 1. The van der Waals surface area contributed by atoms with Gasteiger partial charge in [0, 0.05) is 43.7 Å². The smallest absolute Gasteiger partial charge is 0.237 e. The fraction of sp³-hybridized carbons (Fsp3) is 0.647. The molecular weight excluding hydrogens is 294 g/mol. The summed E-state index contributed by atoms with van der Waals surface area (Å²) in [6.45, 7) is 3.69. The van der Waals surface area contributed by atoms with Gasteiger partial charge in [-0.2, -0.15) is 0 Å². The standard InChI is InChI=1S/C17H27N3O3/c1-11-3-4-13-15(20(11)17(21)22-2)6-5-14(16(13)18)19-12-7-9-23-10-8-12/h5-6,11-12,17,19,21H,3-4,7-10,18H2,1-2H3/t11-,17?/m0/s1. The number of anilines is 3. The topological polar surface area (TPSA) is 80.0 Å². The van der Waals surface area contributed by atoms with Crippen LogP contribution in [-0.2, 0) is 15.9 Å². The van der Waals surface area contributed by atoms with Gasteiger partial charge in [0.15, 0.2) is 0 Å². The second-order valence-corrected chi connectivity index (χ2v) is 6.41. The summed E-state index contributed by atoms with van der Waals surface area (Å²) in [6, 6.07) is 4.67. The number of hydrogen-bond acceptors (Lipinski definition) is 6. The van der Waals surface area contributed by atoms with Gasteiger partial charge in [-0.1, -0.05) is 0 Å². The molecule has 1 aromatic carbocycles. The van der Waals surface area contributed by atoms with Crippen LogP contribution in [-0.4, -0.2) is 43.9 Å². The van der Waals surface area contributed by atoms with Crippen molar-refractivity contribution in [2.24, 2.45) is 0 Å². The lowest BCUT2D eigenvalue weighted by Gasteiger charge is -2.40. The Morgan fingerprint density at radius 2 is 2.09 bits per heavy atom. The highest BCUT2D eigenvalue weighted by Gasteiger charge is 2.30. The number of rotatable bonds is 4. The van der Waals surface area contributed by atoms with Gasteiger partial charge in [0.2, 0.25) is 6.41 Å². The summed E-state index contributed by atoms with van der Waals surface area (Å²) in [5, 5.41) is 13.7. The highest BCUT2D eigenvalue weighted by molar-refractivity contribution is 5.79. The first kappa shape index (κ1) is 16.4. The van der Waals surface area contributed by atoms with Gasteiger partial charge in [-0.05, 0) is 44.7 Å². The third-order valence-corrected chi connectivity index (χ3v) is 4.93. The van der Waals surface area contributed by atoms with E-state index in [0.717, 1.165) is 61.5 Å². The first-order valence-corrected chi connectivity index (χ1v) is 8.36. The summed E-state index contributed by atoms with van der Waals surface area (Å²) in [6.07, 6.45) is 2.92. The minimum Gasteiger partial charge on any atom is -0.397 e. The zero-order chi connectivity index (χ0) is 16.4. The number of benzene rings is 1. The van der Waals surface area contributed by atoms with E-state index in [1.54, 1.807) is 0 Å². The third kappa shape index (κ3) is 3.24. The summed E-state index contributed by atoms with van der Waals surface area (Å²) in [7, 11) is 1.51. The number of nitrogen functional groups attached to an aromatic ring is 1. The number of aliphatic hydroxyl groups excluding tert-OH is 1. The van der Waals surface area contributed by atoms with Crippen LogP contribution in [0.2, 0.25) is 0 Å². The maximum atomic E-state index is 10.2. The lowest BCUT2D eigenvalue weighted by molar-refractivity contribution is -0.0794. The van der Waals surface area contributed by atoms with E-state index < -0.39 is 6.41 Å². The summed E-state index contributed by atoms with van der Waals surface area (Å²) >= 11 is 0. The van der Waals surface area contributed by atoms with Crippen LogP contribution in [0.3, 0.4) is 0 Å². The molecule has 23 heavy (non-hydrogen) atoms. The van der Waals surface area contributed by atoms with E-state index in [1.807, 2.05) is 17.0 Å². The third-order valence-electron chi connectivity index (χ3n) is 4.93. The highest BCUT2D eigenvalue weighted by Crippen LogP contribution is 2.39. The van der Waals surface area contributed by atoms with Crippen LogP contribution in [0.5, 0.6) is 0 Å². The normalized spacial score (nSPS) is 23.4. The van der Waals surface area contributed by atoms with Crippen molar-refractivity contribution in [2.45, 2.75) is 51.1 Å². The van der Waals surface area contributed by atoms with Crippen LogP contribution in [0.15, 0.2) is 12.1 Å². The van der Waals surface area contributed by atoms with E-state index in [4.69, 9.17) is 15.2 Å². The number of ether oxygens (including phenoxy) is 2. The Balaban J connectivity index is 1.86. The van der Waals surface area contributed by atoms with Gasteiger partial charge in [-0.25, -0.2) is 0 Å². The molecule has 4 N–H and O–H groups in total. The Labute approximate surface area is 137 Å². The molecule has 2 aliphatic heterocycles. The molecule has 2 aliphatic rings. The molecule has 1 aromatic rings. The number of nitrogens with two attached hydrogens (primary N) is 1. The molecule has 1 fully saturated rings. The molecule has 6 heteroatoms. The first-order valence-electron chi connectivity index (χ1n) is 8.36. The van der Waals surface area contributed by atoms with Crippen LogP contribution in [0, 0.1) is 0 Å². The van der Waals surface area contributed by atoms with Crippen LogP contribution in [0.4, 0.5) is 17.1 Å². The number of nitrogens with one attached hydrogen (secondary N) is 1. The second kappa shape index (κ2) is 6.95. The Bertz CT molecular complexity index is 546. The van der Waals surface area contributed by atoms with E-state index in [0.29, 0.717) is 6.04 Å². The molecular formula is C17H27N3O3. The van der Waals surface area contributed by atoms with E-state index in [-0.39, 0.29) is 6.04 Å². The largest absolute Gasteiger partial charge is 0.397 e. The SMILES string of the molecule is COC(O)N1c2ccc(NC3CCOCC3)c(N)c2CC[C@@H]1C. The molecule has 128 valence electrons. The lowest BCUT2D eigenvalue weighted by atomic mass is 9.94. The summed E-state index contributed by atoms with van der Waals surface area (Å²) in [5.74, 6) is 0. The first-order chi connectivity index (χ1) is 11.1. The van der Waals surface area contributed by atoms with E-state index in [2.05, 4.69) is 12.2 Å². The van der Waals surface area contributed by atoms with Crippen molar-refractivity contribution in [1.29, 1.82) is 0 Å². The average molecular weight is 321 g/mol. The Hall–Kier alpha value is -1.50. The predicted molar refractivity (Wildman–Crippen MR) is 91.6 cm³/mol. The number of nitrogens with zero attached hydrogens (tertiary/aromatic N) is 1. The van der Waals surface area contributed by atoms with Gasteiger partial charge in [0.05, 0.1) is 11.4 Å². The van der Waals surface area contributed by atoms with E-state index in [9.17, 15) is 5.11 Å². The second-order valence-electron chi connectivity index (χ2n) is 6.41. The molecule has 0 amide bonds. The molecule has 2 atom stereocenters. The minimum absolute atomic E-state index is 0.214. The van der Waals surface area contributed by atoms with Crippen molar-refractivity contribution in [3.05, 3.63) is 17.7 Å². The van der Waals surface area contributed by atoms with Crippen molar-refractivity contribution in [1.82, 2.24) is 0 Å². The monoisotopic (exact) mass is 321 g/mol. The van der Waals surface area contributed by atoms with Gasteiger partial charge in [0.25, 0.3) is 0 Å². The van der Waals surface area contributed by atoms with Gasteiger partial charge >= 0.3 is 0 Å². The van der Waals surface area contributed by atoms with Crippen molar-refractivity contribution >= 4 is 17.1 Å². The molecule has 0 aliphatic carbocycles. The lowest BCUT2D eigenvalue weighted by Crippen LogP contribution is -2.46. The molecule has 1 saturated heterocycles. The zero-order valence-corrected chi connectivity index (χ0v) is 13.9. The quantitative estimate of drug-likeness (QED) is 0.581. The number of hydrogen-bond donors (Lipinski definition) is 3. The fourth-order valence-electron chi connectivity index (χ4n) is 3.53. The fourth-order valence-corrected chi connectivity index (χ4v) is 3.53. The number of aliphatic hydroxyl groups is 1. The van der Waals surface area contributed by atoms with Crippen LogP contribution >= 0.6 is 0 Å². The molecule has 1 unspecified atom stereocenters. The Morgan fingerprint density at radius 3 is 2.78 bits per heavy atom. The van der Waals surface area contributed by atoms with Gasteiger partial charge in [-0.3, -0.25) is 0 Å². The van der Waals surface area contributed by atoms with Crippen LogP contribution in [0.25, 0.3) is 0 Å². The van der Waals surface area contributed by atoms with Crippen molar-refractivity contribution < 1.29 is 14.6 Å². The van der Waals surface area contributed by atoms with Crippen LogP contribution in [0.1, 0.15) is 31.7 Å². The summed E-state index contributed by atoms with van der Waals surface area (Å²) in [4.78, 5) is 1.90. The van der Waals surface area contributed by atoms with Crippen LogP contribution < -0.4 is 16.0 Å². The zero-order valence-electron chi connectivity index (χ0n) is 13.9. The molecule has 6 nitrogen and oxygen atoms in total. The molecule has 0 aromatic heterocycles. The Morgan fingerprint density at radius 1 is 1.35 bits per heavy atom. The summed E-state index contributed by atoms with van der Waals surface area (Å²) < 4.78 is 10.5. The van der Waals surface area contributed by atoms with Crippen molar-refractivity contribution in [3.8, 4) is 0 Å². The van der Waals surface area contributed by atoms with E-state index in [1.165, 1.54) is 7.11 Å². The summed E-state index contributed by atoms with van der Waals surface area (Å²) in [5.41, 5.74) is 10.3. The van der Waals surface area contributed by atoms with Gasteiger partial charge < -0.3 is 30.5 Å². The van der Waals surface area contributed by atoms with Gasteiger partial charge in [0.1, 0.15) is 0 Å². The molecule has 0 saturated carbocycles. The average Bonchev–Trinajstić information content (AvgIpc) is 2.57. The number of fused-ring (bicyclic) bond motifs is 1. The molecule has 0 radical (unpaired) electrons. The maximum absolute atomic E-state index is 10.2. The highest BCUT2D eigenvalue weighted by atomic mass is 16.6. The molecule has 3 rings (SSSR count). The van der Waals surface area contributed by atoms with Gasteiger partial charge in [-0.15, -0.1) is 0 Å². The van der Waals surface area contributed by atoms with Crippen molar-refractivity contribution in [3.63, 3.8) is 0 Å². The van der Waals surface area contributed by atoms with E-state index >= 15 is 0 Å². The minimum atomic E-state index is -0.947. The Kier molecular flexibility index (Phi) is 4.94. The molecule has 0 bridgehead atoms. The maximum Gasteiger partial charge on any atom is 0.237 e.